The molecule has 7 aromatic rings. The first-order valence-electron chi connectivity index (χ1n) is 12.6. The van der Waals surface area contributed by atoms with E-state index in [1.54, 1.807) is 12.4 Å². The first-order valence-corrected chi connectivity index (χ1v) is 12.6. The number of nitrogens with zero attached hydrogens (tertiary/aromatic N) is 10. The van der Waals surface area contributed by atoms with E-state index >= 15 is 0 Å². The van der Waals surface area contributed by atoms with Crippen molar-refractivity contribution in [1.29, 1.82) is 0 Å². The Labute approximate surface area is 241 Å². The van der Waals surface area contributed by atoms with E-state index in [2.05, 4.69) is 9.97 Å². The molecule has 8 bridgehead atoms. The molecule has 3 aromatic carbocycles. The Morgan fingerprint density at radius 3 is 1.15 bits per heavy atom. The maximum absolute atomic E-state index is 4.92. The van der Waals surface area contributed by atoms with Gasteiger partial charge in [0.15, 0.2) is 0 Å². The molecule has 0 spiro atoms. The fourth-order valence-electron chi connectivity index (χ4n) is 5.22. The van der Waals surface area contributed by atoms with Crippen LogP contribution in [0.1, 0.15) is 0 Å². The fraction of sp³-hybridized carbons (Fsp3) is 0. The Bertz CT molecular complexity index is 2040. The van der Waals surface area contributed by atoms with Crippen molar-refractivity contribution in [1.82, 2.24) is 49.8 Å². The molecule has 11 heteroatoms. The Morgan fingerprint density at radius 1 is 0.390 bits per heavy atom. The second-order valence-electron chi connectivity index (χ2n) is 9.37. The Kier molecular flexibility index (Phi) is 5.05. The quantitative estimate of drug-likeness (QED) is 0.229. The third-order valence-electron chi connectivity index (χ3n) is 7.04. The molecule has 0 aliphatic carbocycles. The Morgan fingerprint density at radius 2 is 0.732 bits per heavy atom. The molecule has 0 unspecified atom stereocenters. The molecule has 1 radical (unpaired) electrons. The molecule has 4 aromatic heterocycles. The topological polar surface area (TPSA) is 131 Å². The van der Waals surface area contributed by atoms with Gasteiger partial charge >= 0.3 is 17.1 Å². The molecule has 2 aliphatic rings. The zero-order valence-electron chi connectivity index (χ0n) is 20.9. The van der Waals surface area contributed by atoms with E-state index in [-0.39, 0.29) is 17.1 Å². The summed E-state index contributed by atoms with van der Waals surface area (Å²) in [6, 6.07) is 23.6. The molecule has 0 amide bonds. The summed E-state index contributed by atoms with van der Waals surface area (Å²) in [6.07, 6.45) is 3.23. The van der Waals surface area contributed by atoms with Gasteiger partial charge in [0.25, 0.3) is 0 Å². The van der Waals surface area contributed by atoms with Crippen LogP contribution in [-0.4, -0.2) is 39.9 Å². The van der Waals surface area contributed by atoms with Gasteiger partial charge < -0.3 is 29.9 Å². The minimum Gasteiger partial charge on any atom is -0.357 e. The van der Waals surface area contributed by atoms with Gasteiger partial charge in [-0.05, 0) is 21.5 Å². The predicted molar refractivity (Wildman–Crippen MR) is 150 cm³/mol. The van der Waals surface area contributed by atoms with Crippen LogP contribution in [0.3, 0.4) is 0 Å². The first-order chi connectivity index (χ1) is 19.8. The summed E-state index contributed by atoms with van der Waals surface area (Å²) in [5.41, 5.74) is 4.82. The van der Waals surface area contributed by atoms with Crippen molar-refractivity contribution in [3.05, 3.63) is 85.2 Å². The van der Waals surface area contributed by atoms with Gasteiger partial charge in [-0.15, -0.1) is 0 Å². The smallest absolute Gasteiger partial charge is 0.357 e. The summed E-state index contributed by atoms with van der Waals surface area (Å²) < 4.78 is 0. The van der Waals surface area contributed by atoms with E-state index in [1.807, 2.05) is 72.8 Å². The number of rotatable bonds is 0. The molecule has 0 N–H and O–H groups in total. The maximum atomic E-state index is 4.92. The predicted octanol–water partition coefficient (Wildman–Crippen LogP) is 4.91. The monoisotopic (exact) mass is 577 g/mol. The molecule has 2 aliphatic heterocycles. The summed E-state index contributed by atoms with van der Waals surface area (Å²) in [4.78, 5) is 47.8. The van der Waals surface area contributed by atoms with Crippen molar-refractivity contribution in [2.75, 3.05) is 0 Å². The van der Waals surface area contributed by atoms with Gasteiger partial charge in [0.05, 0.1) is 11.6 Å². The number of fused-ring (bicyclic) bond motifs is 20. The number of hydrogen-bond donors (Lipinski definition) is 0. The Hall–Kier alpha value is -5.38. The average Bonchev–Trinajstić information content (AvgIpc) is 3.73. The summed E-state index contributed by atoms with van der Waals surface area (Å²) in [5, 5.41) is 3.40. The van der Waals surface area contributed by atoms with E-state index in [0.29, 0.717) is 57.3 Å². The fourth-order valence-corrected chi connectivity index (χ4v) is 5.22. The van der Waals surface area contributed by atoms with Crippen molar-refractivity contribution < 1.29 is 17.1 Å². The standard InChI is InChI=1S/C30H14N10.Cu/c1-2-8-16-15(7-1)23-33-24(16)35-26-18-10-4-6-12-20(18)28(37-26)39-30-22-21(31-13-14-32-22)29(40-30)38-27-19-11-5-3-9-17(19)25(34-23)36-27;/h1-14H;/q-2;+2. The second-order valence-corrected chi connectivity index (χ2v) is 9.37. The first kappa shape index (κ1) is 23.5. The van der Waals surface area contributed by atoms with Crippen LogP contribution < -0.4 is 9.97 Å². The molecule has 41 heavy (non-hydrogen) atoms. The maximum Gasteiger partial charge on any atom is 2.00 e. The molecule has 0 saturated carbocycles. The molecule has 0 fully saturated rings. The molecule has 6 heterocycles. The van der Waals surface area contributed by atoms with E-state index in [9.17, 15) is 0 Å². The van der Waals surface area contributed by atoms with E-state index < -0.39 is 0 Å². The van der Waals surface area contributed by atoms with Gasteiger partial charge in [-0.3, -0.25) is 9.97 Å². The average molecular weight is 578 g/mol. The largest absolute Gasteiger partial charge is 2.00 e. The molecule has 0 atom stereocenters. The van der Waals surface area contributed by atoms with E-state index in [1.165, 1.54) is 0 Å². The van der Waals surface area contributed by atoms with Crippen LogP contribution in [0.15, 0.2) is 85.2 Å². The molecule has 195 valence electrons. The molecule has 10 nitrogen and oxygen atoms in total. The normalized spacial score (nSPS) is 11.7. The van der Waals surface area contributed by atoms with Crippen LogP contribution >= 0.6 is 0 Å². The van der Waals surface area contributed by atoms with E-state index in [0.717, 1.165) is 32.7 Å². The van der Waals surface area contributed by atoms with Gasteiger partial charge in [0, 0.05) is 46.1 Å². The van der Waals surface area contributed by atoms with Crippen LogP contribution in [0, 0.1) is 0 Å². The zero-order chi connectivity index (χ0) is 26.2. The number of aromatic nitrogens is 10. The molecular formula is C30H14CuN10. The van der Waals surface area contributed by atoms with Crippen molar-refractivity contribution in [3.63, 3.8) is 0 Å². The van der Waals surface area contributed by atoms with Crippen molar-refractivity contribution in [2.24, 2.45) is 0 Å². The summed E-state index contributed by atoms with van der Waals surface area (Å²) in [7, 11) is 0. The van der Waals surface area contributed by atoms with Crippen molar-refractivity contribution >= 4 is 44.1 Å². The van der Waals surface area contributed by atoms with Gasteiger partial charge in [-0.1, -0.05) is 72.8 Å². The molecule has 0 saturated heterocycles. The minimum absolute atomic E-state index is 0. The van der Waals surface area contributed by atoms with Crippen LogP contribution in [0.4, 0.5) is 0 Å². The SMILES string of the molecule is [Cu+2].c1ccc2c(c1)-c1nc-2nc2[n-]c(nc3nc(nc4[n-]c(n1)c1ccccc41)-c1nccnc1-3)c1ccccc21. The van der Waals surface area contributed by atoms with Crippen LogP contribution in [-0.2, 0) is 17.1 Å². The Balaban J connectivity index is 0.00000256. The van der Waals surface area contributed by atoms with Gasteiger partial charge in [0.1, 0.15) is 23.0 Å². The van der Waals surface area contributed by atoms with Crippen molar-refractivity contribution in [2.45, 2.75) is 0 Å². The second kappa shape index (κ2) is 8.82. The number of hydrogen-bond acceptors (Lipinski definition) is 8. The third-order valence-corrected chi connectivity index (χ3v) is 7.04. The van der Waals surface area contributed by atoms with Crippen LogP contribution in [0.25, 0.3) is 89.9 Å². The summed E-state index contributed by atoms with van der Waals surface area (Å²) in [6.45, 7) is 0. The van der Waals surface area contributed by atoms with Crippen LogP contribution in [0.5, 0.6) is 0 Å². The summed E-state index contributed by atoms with van der Waals surface area (Å²) in [5.74, 6) is 1.82. The molecular weight excluding hydrogens is 564 g/mol. The van der Waals surface area contributed by atoms with E-state index in [4.69, 9.17) is 39.9 Å². The van der Waals surface area contributed by atoms with Gasteiger partial charge in [0.2, 0.25) is 0 Å². The zero-order valence-corrected chi connectivity index (χ0v) is 21.8. The van der Waals surface area contributed by atoms with Gasteiger partial charge in [-0.25, -0.2) is 9.97 Å². The van der Waals surface area contributed by atoms with Gasteiger partial charge in [-0.2, -0.15) is 0 Å². The summed E-state index contributed by atoms with van der Waals surface area (Å²) >= 11 is 0. The minimum atomic E-state index is 0. The van der Waals surface area contributed by atoms with Crippen molar-refractivity contribution in [3.8, 4) is 45.8 Å². The van der Waals surface area contributed by atoms with Crippen LogP contribution in [0.2, 0.25) is 0 Å². The third kappa shape index (κ3) is 3.50. The number of benzene rings is 3. The molecule has 9 rings (SSSR count).